The number of methoxy groups -OCH3 is 2. The van der Waals surface area contributed by atoms with Crippen LogP contribution >= 0.6 is 0 Å². The minimum atomic E-state index is -0.554. The average molecular weight is 175 g/mol. The minimum absolute atomic E-state index is 0.119. The van der Waals surface area contributed by atoms with Gasteiger partial charge in [-0.15, -0.1) is 0 Å². The third-order valence-electron chi connectivity index (χ3n) is 2.49. The Morgan fingerprint density at radius 1 is 1.25 bits per heavy atom. The molecule has 72 valence electrons. The van der Waals surface area contributed by atoms with Gasteiger partial charge in [-0.1, -0.05) is 0 Å². The Kier molecular flexibility index (Phi) is 3.46. The van der Waals surface area contributed by atoms with Gasteiger partial charge in [0.2, 0.25) is 0 Å². The first-order valence-electron chi connectivity index (χ1n) is 4.18. The van der Waals surface area contributed by atoms with Gasteiger partial charge < -0.3 is 20.3 Å². The molecular weight excluding hydrogens is 158 g/mol. The smallest absolute Gasteiger partial charge is 0.0954 e. The zero-order valence-electron chi connectivity index (χ0n) is 7.56. The van der Waals surface area contributed by atoms with E-state index in [1.54, 1.807) is 14.2 Å². The van der Waals surface area contributed by atoms with Gasteiger partial charge >= 0.3 is 0 Å². The Labute approximate surface area is 72.6 Å². The summed E-state index contributed by atoms with van der Waals surface area (Å²) in [4.78, 5) is 0. The van der Waals surface area contributed by atoms with E-state index >= 15 is 0 Å². The summed E-state index contributed by atoms with van der Waals surface area (Å²) in [5.74, 6) is 0. The van der Waals surface area contributed by atoms with Crippen molar-refractivity contribution in [2.75, 3.05) is 14.2 Å². The van der Waals surface area contributed by atoms with Crippen molar-refractivity contribution < 1.29 is 14.6 Å². The molecule has 4 atom stereocenters. The van der Waals surface area contributed by atoms with Crippen LogP contribution in [-0.2, 0) is 9.47 Å². The maximum atomic E-state index is 9.55. The van der Waals surface area contributed by atoms with Crippen molar-refractivity contribution in [3.8, 4) is 0 Å². The minimum Gasteiger partial charge on any atom is -0.389 e. The summed E-state index contributed by atoms with van der Waals surface area (Å²) in [6, 6.07) is -0.228. The highest BCUT2D eigenvalue weighted by molar-refractivity contribution is 4.89. The monoisotopic (exact) mass is 175 g/mol. The molecule has 1 aliphatic carbocycles. The van der Waals surface area contributed by atoms with E-state index < -0.39 is 6.10 Å². The maximum absolute atomic E-state index is 9.55. The summed E-state index contributed by atoms with van der Waals surface area (Å²) in [5, 5.41) is 9.55. The zero-order chi connectivity index (χ0) is 9.14. The highest BCUT2D eigenvalue weighted by atomic mass is 16.5. The Morgan fingerprint density at radius 2 is 1.92 bits per heavy atom. The normalized spacial score (nSPS) is 43.0. The molecule has 0 amide bonds. The first kappa shape index (κ1) is 9.92. The van der Waals surface area contributed by atoms with E-state index in [1.807, 2.05) is 0 Å². The average Bonchev–Trinajstić information content (AvgIpc) is 2.09. The van der Waals surface area contributed by atoms with Crippen molar-refractivity contribution in [3.63, 3.8) is 0 Å². The highest BCUT2D eigenvalue weighted by Gasteiger charge is 2.34. The zero-order valence-corrected chi connectivity index (χ0v) is 7.56. The number of hydrogen-bond donors (Lipinski definition) is 2. The molecule has 1 rings (SSSR count). The van der Waals surface area contributed by atoms with E-state index in [0.29, 0.717) is 6.42 Å². The van der Waals surface area contributed by atoms with Crippen LogP contribution in [0, 0.1) is 0 Å². The van der Waals surface area contributed by atoms with E-state index in [0.717, 1.165) is 6.42 Å². The van der Waals surface area contributed by atoms with Crippen LogP contribution in [-0.4, -0.2) is 43.7 Å². The van der Waals surface area contributed by atoms with Gasteiger partial charge in [0.05, 0.1) is 18.3 Å². The number of rotatable bonds is 2. The molecule has 1 fully saturated rings. The molecule has 1 saturated carbocycles. The van der Waals surface area contributed by atoms with Crippen LogP contribution in [0.15, 0.2) is 0 Å². The molecule has 0 aromatic carbocycles. The summed E-state index contributed by atoms with van der Waals surface area (Å²) < 4.78 is 10.3. The molecule has 3 N–H and O–H groups in total. The molecule has 0 spiro atoms. The topological polar surface area (TPSA) is 64.7 Å². The molecular formula is C8H17NO3. The van der Waals surface area contributed by atoms with Gasteiger partial charge in [0.15, 0.2) is 0 Å². The molecule has 4 heteroatoms. The van der Waals surface area contributed by atoms with Crippen LogP contribution in [0.5, 0.6) is 0 Å². The molecule has 0 bridgehead atoms. The van der Waals surface area contributed by atoms with Crippen LogP contribution in [0.1, 0.15) is 12.8 Å². The fraction of sp³-hybridized carbons (Fsp3) is 1.00. The number of aliphatic hydroxyl groups excluding tert-OH is 1. The Bertz CT molecular complexity index is 142. The van der Waals surface area contributed by atoms with Crippen LogP contribution in [0.25, 0.3) is 0 Å². The molecule has 0 saturated heterocycles. The van der Waals surface area contributed by atoms with Gasteiger partial charge in [0.25, 0.3) is 0 Å². The van der Waals surface area contributed by atoms with Crippen molar-refractivity contribution in [1.29, 1.82) is 0 Å². The lowest BCUT2D eigenvalue weighted by atomic mass is 9.88. The lowest BCUT2D eigenvalue weighted by molar-refractivity contribution is -0.0882. The molecule has 0 aliphatic heterocycles. The van der Waals surface area contributed by atoms with Gasteiger partial charge in [0.1, 0.15) is 0 Å². The standard InChI is InChI=1S/C8H17NO3/c1-11-5-3-6(9)8(10)7(4-5)12-2/h5-8,10H,3-4,9H2,1-2H3/t5-,6?,7?,8?/m0/s1. The summed E-state index contributed by atoms with van der Waals surface area (Å²) in [6.07, 6.45) is 0.813. The Morgan fingerprint density at radius 3 is 2.42 bits per heavy atom. The van der Waals surface area contributed by atoms with Crippen LogP contribution in [0.4, 0.5) is 0 Å². The second-order valence-electron chi connectivity index (χ2n) is 3.26. The molecule has 12 heavy (non-hydrogen) atoms. The molecule has 4 nitrogen and oxygen atoms in total. The third-order valence-corrected chi connectivity index (χ3v) is 2.49. The summed E-state index contributed by atoms with van der Waals surface area (Å²) >= 11 is 0. The lowest BCUT2D eigenvalue weighted by Gasteiger charge is -2.35. The van der Waals surface area contributed by atoms with Gasteiger partial charge in [-0.05, 0) is 6.42 Å². The Balaban J connectivity index is 2.52. The van der Waals surface area contributed by atoms with Crippen molar-refractivity contribution in [2.24, 2.45) is 5.73 Å². The summed E-state index contributed by atoms with van der Waals surface area (Å²) in [6.45, 7) is 0. The first-order valence-corrected chi connectivity index (χ1v) is 4.18. The molecule has 1 aliphatic rings. The molecule has 0 aromatic heterocycles. The van der Waals surface area contributed by atoms with Crippen LogP contribution in [0.3, 0.4) is 0 Å². The number of aliphatic hydroxyl groups is 1. The molecule has 3 unspecified atom stereocenters. The lowest BCUT2D eigenvalue weighted by Crippen LogP contribution is -2.51. The van der Waals surface area contributed by atoms with E-state index in [4.69, 9.17) is 15.2 Å². The van der Waals surface area contributed by atoms with Crippen LogP contribution in [0.2, 0.25) is 0 Å². The first-order chi connectivity index (χ1) is 5.69. The second kappa shape index (κ2) is 4.18. The van der Waals surface area contributed by atoms with Gasteiger partial charge in [-0.2, -0.15) is 0 Å². The summed E-state index contributed by atoms with van der Waals surface area (Å²) in [5.41, 5.74) is 5.70. The van der Waals surface area contributed by atoms with Gasteiger partial charge in [-0.3, -0.25) is 0 Å². The van der Waals surface area contributed by atoms with Crippen LogP contribution < -0.4 is 5.73 Å². The van der Waals surface area contributed by atoms with Gasteiger partial charge in [0, 0.05) is 26.7 Å². The third kappa shape index (κ3) is 1.95. The van der Waals surface area contributed by atoms with Crippen molar-refractivity contribution in [3.05, 3.63) is 0 Å². The van der Waals surface area contributed by atoms with E-state index in [-0.39, 0.29) is 18.2 Å². The predicted octanol–water partition coefficient (Wildman–Crippen LogP) is -0.502. The fourth-order valence-electron chi connectivity index (χ4n) is 1.64. The number of hydrogen-bond acceptors (Lipinski definition) is 4. The summed E-state index contributed by atoms with van der Waals surface area (Å²) in [7, 11) is 3.24. The fourth-order valence-corrected chi connectivity index (χ4v) is 1.64. The van der Waals surface area contributed by atoms with Crippen molar-refractivity contribution in [2.45, 2.75) is 37.2 Å². The SMILES string of the molecule is COC1C[C@@H](OC)CC(N)C1O. The van der Waals surface area contributed by atoms with Crippen molar-refractivity contribution in [1.82, 2.24) is 0 Å². The molecule has 0 heterocycles. The molecule has 0 aromatic rings. The number of nitrogens with two attached hydrogens (primary N) is 1. The maximum Gasteiger partial charge on any atom is 0.0954 e. The largest absolute Gasteiger partial charge is 0.389 e. The van der Waals surface area contributed by atoms with E-state index in [1.165, 1.54) is 0 Å². The Hall–Kier alpha value is -0.160. The highest BCUT2D eigenvalue weighted by Crippen LogP contribution is 2.22. The van der Waals surface area contributed by atoms with Crippen molar-refractivity contribution >= 4 is 0 Å². The van der Waals surface area contributed by atoms with E-state index in [9.17, 15) is 5.11 Å². The quantitative estimate of drug-likeness (QED) is 0.593. The van der Waals surface area contributed by atoms with Gasteiger partial charge in [-0.25, -0.2) is 0 Å². The predicted molar refractivity (Wildman–Crippen MR) is 44.8 cm³/mol. The molecule has 0 radical (unpaired) electrons. The van der Waals surface area contributed by atoms with E-state index in [2.05, 4.69) is 0 Å². The second-order valence-corrected chi connectivity index (χ2v) is 3.26. The number of ether oxygens (including phenoxy) is 2.